The quantitative estimate of drug-likeness (QED) is 0.490. The Morgan fingerprint density at radius 2 is 2.00 bits per heavy atom. The number of likely N-dealkylation sites (N-methyl/N-ethyl adjacent to an activating group) is 1. The fourth-order valence-corrected chi connectivity index (χ4v) is 0.572. The van der Waals surface area contributed by atoms with Gasteiger partial charge >= 0.3 is 0 Å². The van der Waals surface area contributed by atoms with Crippen LogP contribution in [-0.2, 0) is 14.8 Å². The zero-order valence-corrected chi connectivity index (χ0v) is 6.18. The van der Waals surface area contributed by atoms with Gasteiger partial charge in [-0.25, -0.2) is 8.42 Å². The van der Waals surface area contributed by atoms with E-state index in [9.17, 15) is 13.2 Å². The lowest BCUT2D eigenvalue weighted by atomic mass is 10.7. The van der Waals surface area contributed by atoms with E-state index in [0.717, 1.165) is 10.6 Å². The lowest BCUT2D eigenvalue weighted by Crippen LogP contribution is -2.27. The summed E-state index contributed by atoms with van der Waals surface area (Å²) in [7, 11) is -1.81. The van der Waals surface area contributed by atoms with Gasteiger partial charge in [-0.3, -0.25) is 0 Å². The normalized spacial score (nSPS) is 11.9. The number of nitrogens with zero attached hydrogens (tertiary/aromatic N) is 1. The molecule has 0 aromatic carbocycles. The summed E-state index contributed by atoms with van der Waals surface area (Å²) in [6.07, 6.45) is 1.59. The van der Waals surface area contributed by atoms with Crippen LogP contribution in [-0.4, -0.2) is 38.9 Å². The van der Waals surface area contributed by atoms with Gasteiger partial charge < -0.3 is 4.79 Å². The molecular weight excluding hydrogens is 142 g/mol. The topological polar surface area (TPSA) is 54.5 Å². The number of carbonyl (C=O) groups excluding carboxylic acids is 1. The van der Waals surface area contributed by atoms with Crippen molar-refractivity contribution in [3.8, 4) is 0 Å². The molecule has 0 fully saturated rings. The summed E-state index contributed by atoms with van der Waals surface area (Å²) in [6.45, 7) is -0.0706. The van der Waals surface area contributed by atoms with Crippen molar-refractivity contribution >= 4 is 16.3 Å². The minimum absolute atomic E-state index is 0.0706. The standard InChI is InChI=1S/C4H9NO3S/c1-5(3-4-6)9(2,7)8/h4H,3H2,1-2H3. The minimum Gasteiger partial charge on any atom is -0.302 e. The van der Waals surface area contributed by atoms with Crippen molar-refractivity contribution < 1.29 is 13.2 Å². The predicted octanol–water partition coefficient (Wildman–Crippen LogP) is -0.923. The highest BCUT2D eigenvalue weighted by Crippen LogP contribution is 1.88. The molecule has 4 nitrogen and oxygen atoms in total. The van der Waals surface area contributed by atoms with E-state index in [1.165, 1.54) is 7.05 Å². The van der Waals surface area contributed by atoms with Crippen LogP contribution in [0.4, 0.5) is 0 Å². The second-order valence-electron chi connectivity index (χ2n) is 1.71. The van der Waals surface area contributed by atoms with Gasteiger partial charge in [0, 0.05) is 7.05 Å². The Balaban J connectivity index is 4.05. The van der Waals surface area contributed by atoms with Crippen molar-refractivity contribution in [1.29, 1.82) is 0 Å². The van der Waals surface area contributed by atoms with Crippen LogP contribution in [0.25, 0.3) is 0 Å². The summed E-state index contributed by atoms with van der Waals surface area (Å²) in [5, 5.41) is 0. The smallest absolute Gasteiger partial charge is 0.211 e. The van der Waals surface area contributed by atoms with Crippen LogP contribution in [0.3, 0.4) is 0 Å². The van der Waals surface area contributed by atoms with Crippen LogP contribution in [0.2, 0.25) is 0 Å². The molecule has 0 N–H and O–H groups in total. The summed E-state index contributed by atoms with van der Waals surface area (Å²) < 4.78 is 21.9. The van der Waals surface area contributed by atoms with Gasteiger partial charge in [0.2, 0.25) is 10.0 Å². The molecule has 0 bridgehead atoms. The summed E-state index contributed by atoms with van der Waals surface area (Å²) in [4.78, 5) is 9.76. The lowest BCUT2D eigenvalue weighted by Gasteiger charge is -2.07. The van der Waals surface area contributed by atoms with E-state index in [4.69, 9.17) is 0 Å². The van der Waals surface area contributed by atoms with Gasteiger partial charge in [-0.05, 0) is 0 Å². The summed E-state index contributed by atoms with van der Waals surface area (Å²) in [5.74, 6) is 0. The third kappa shape index (κ3) is 3.21. The SMILES string of the molecule is CN(CC=O)S(C)(=O)=O. The number of hydrogen-bond donors (Lipinski definition) is 0. The Bertz CT molecular complexity index is 184. The molecule has 0 rings (SSSR count). The van der Waals surface area contributed by atoms with Crippen molar-refractivity contribution in [2.75, 3.05) is 19.8 Å². The van der Waals surface area contributed by atoms with Gasteiger partial charge in [0.15, 0.2) is 0 Å². The fraction of sp³-hybridized carbons (Fsp3) is 0.750. The average molecular weight is 151 g/mol. The van der Waals surface area contributed by atoms with Crippen LogP contribution >= 0.6 is 0 Å². The second kappa shape index (κ2) is 2.93. The first-order valence-corrected chi connectivity index (χ1v) is 4.18. The first-order chi connectivity index (χ1) is 3.98. The van der Waals surface area contributed by atoms with E-state index in [2.05, 4.69) is 0 Å². The summed E-state index contributed by atoms with van der Waals surface area (Å²) in [5.41, 5.74) is 0. The summed E-state index contributed by atoms with van der Waals surface area (Å²) >= 11 is 0. The molecular formula is C4H9NO3S. The van der Waals surface area contributed by atoms with Gasteiger partial charge in [0.1, 0.15) is 6.29 Å². The number of rotatable bonds is 3. The van der Waals surface area contributed by atoms with Crippen LogP contribution in [0.1, 0.15) is 0 Å². The van der Waals surface area contributed by atoms with E-state index in [-0.39, 0.29) is 6.54 Å². The Hall–Kier alpha value is -0.420. The largest absolute Gasteiger partial charge is 0.302 e. The van der Waals surface area contributed by atoms with Crippen LogP contribution in [0, 0.1) is 0 Å². The van der Waals surface area contributed by atoms with Crippen LogP contribution in [0.15, 0.2) is 0 Å². The Morgan fingerprint density at radius 1 is 1.56 bits per heavy atom. The van der Waals surface area contributed by atoms with Crippen molar-refractivity contribution in [3.63, 3.8) is 0 Å². The van der Waals surface area contributed by atoms with Gasteiger partial charge in [-0.1, -0.05) is 0 Å². The van der Waals surface area contributed by atoms with Gasteiger partial charge in [-0.15, -0.1) is 0 Å². The molecule has 0 saturated carbocycles. The van der Waals surface area contributed by atoms with Crippen molar-refractivity contribution in [2.45, 2.75) is 0 Å². The van der Waals surface area contributed by atoms with E-state index in [0.29, 0.717) is 6.29 Å². The van der Waals surface area contributed by atoms with E-state index < -0.39 is 10.0 Å². The van der Waals surface area contributed by atoms with Crippen LogP contribution < -0.4 is 0 Å². The van der Waals surface area contributed by atoms with Crippen molar-refractivity contribution in [1.82, 2.24) is 4.31 Å². The highest BCUT2D eigenvalue weighted by molar-refractivity contribution is 7.88. The highest BCUT2D eigenvalue weighted by atomic mass is 32.2. The highest BCUT2D eigenvalue weighted by Gasteiger charge is 2.07. The fourth-order valence-electron chi connectivity index (χ4n) is 0.240. The molecule has 0 atom stereocenters. The zero-order valence-electron chi connectivity index (χ0n) is 5.36. The second-order valence-corrected chi connectivity index (χ2v) is 3.80. The van der Waals surface area contributed by atoms with Crippen molar-refractivity contribution in [2.24, 2.45) is 0 Å². The first-order valence-electron chi connectivity index (χ1n) is 2.33. The van der Waals surface area contributed by atoms with Crippen molar-refractivity contribution in [3.05, 3.63) is 0 Å². The number of carbonyl (C=O) groups is 1. The molecule has 0 saturated heterocycles. The van der Waals surface area contributed by atoms with E-state index >= 15 is 0 Å². The molecule has 0 aliphatic carbocycles. The molecule has 0 heterocycles. The Kier molecular flexibility index (Phi) is 2.80. The molecule has 5 heteroatoms. The zero-order chi connectivity index (χ0) is 7.49. The van der Waals surface area contributed by atoms with E-state index in [1.807, 2.05) is 0 Å². The third-order valence-corrected chi connectivity index (χ3v) is 2.18. The van der Waals surface area contributed by atoms with Crippen LogP contribution in [0.5, 0.6) is 0 Å². The molecule has 9 heavy (non-hydrogen) atoms. The molecule has 0 aromatic rings. The van der Waals surface area contributed by atoms with E-state index in [1.54, 1.807) is 0 Å². The number of sulfonamides is 1. The maximum atomic E-state index is 10.5. The van der Waals surface area contributed by atoms with Gasteiger partial charge in [0.05, 0.1) is 12.8 Å². The Labute approximate surface area is 54.5 Å². The summed E-state index contributed by atoms with van der Waals surface area (Å²) in [6, 6.07) is 0. The lowest BCUT2D eigenvalue weighted by molar-refractivity contribution is -0.107. The molecule has 0 spiro atoms. The molecule has 0 unspecified atom stereocenters. The van der Waals surface area contributed by atoms with Gasteiger partial charge in [0.25, 0.3) is 0 Å². The van der Waals surface area contributed by atoms with Gasteiger partial charge in [-0.2, -0.15) is 4.31 Å². The minimum atomic E-state index is -3.16. The maximum Gasteiger partial charge on any atom is 0.211 e. The average Bonchev–Trinajstić information content (AvgIpc) is 1.64. The predicted molar refractivity (Wildman–Crippen MR) is 33.5 cm³/mol. The Morgan fingerprint density at radius 3 is 2.11 bits per heavy atom. The number of aldehydes is 1. The maximum absolute atomic E-state index is 10.5. The monoisotopic (exact) mass is 151 g/mol. The molecule has 0 aromatic heterocycles. The molecule has 0 radical (unpaired) electrons. The molecule has 54 valence electrons. The first kappa shape index (κ1) is 8.58. The molecule has 0 aliphatic heterocycles. The number of hydrogen-bond acceptors (Lipinski definition) is 3. The molecule has 0 amide bonds. The molecule has 0 aliphatic rings. The third-order valence-electron chi connectivity index (χ3n) is 0.898.